The SMILES string of the molecule is C/C(=N\NC(=O)COc1c(Br)cc(C)cc1Br)c1ccc(F)cc1. The summed E-state index contributed by atoms with van der Waals surface area (Å²) in [6, 6.07) is 9.66. The zero-order valence-electron chi connectivity index (χ0n) is 13.1. The van der Waals surface area contributed by atoms with Gasteiger partial charge in [0.15, 0.2) is 6.61 Å². The molecule has 1 N–H and O–H groups in total. The van der Waals surface area contributed by atoms with Crippen molar-refractivity contribution in [2.45, 2.75) is 13.8 Å². The number of ether oxygens (including phenoxy) is 1. The van der Waals surface area contributed by atoms with Crippen LogP contribution in [0.1, 0.15) is 18.1 Å². The van der Waals surface area contributed by atoms with Crippen LogP contribution in [0.2, 0.25) is 0 Å². The molecular weight excluding hydrogens is 443 g/mol. The minimum absolute atomic E-state index is 0.180. The summed E-state index contributed by atoms with van der Waals surface area (Å²) >= 11 is 6.80. The van der Waals surface area contributed by atoms with Crippen molar-refractivity contribution < 1.29 is 13.9 Å². The molecule has 0 spiro atoms. The number of hydrazone groups is 1. The summed E-state index contributed by atoms with van der Waals surface area (Å²) < 4.78 is 19.9. The maximum Gasteiger partial charge on any atom is 0.277 e. The Morgan fingerprint density at radius 3 is 2.38 bits per heavy atom. The Morgan fingerprint density at radius 2 is 1.79 bits per heavy atom. The number of nitrogens with zero attached hydrogens (tertiary/aromatic N) is 1. The van der Waals surface area contributed by atoms with Crippen molar-refractivity contribution >= 4 is 43.5 Å². The first-order valence-electron chi connectivity index (χ1n) is 7.04. The zero-order chi connectivity index (χ0) is 17.7. The molecular formula is C17H15Br2FN2O2. The second kappa shape index (κ2) is 8.39. The van der Waals surface area contributed by atoms with Crippen molar-refractivity contribution in [1.82, 2.24) is 5.43 Å². The fourth-order valence-electron chi connectivity index (χ4n) is 1.90. The molecule has 7 heteroatoms. The Bertz CT molecular complexity index is 754. The minimum Gasteiger partial charge on any atom is -0.481 e. The predicted octanol–water partition coefficient (Wildman–Crippen LogP) is 4.58. The van der Waals surface area contributed by atoms with Crippen LogP contribution in [0.25, 0.3) is 0 Å². The molecule has 0 unspecified atom stereocenters. The number of rotatable bonds is 5. The van der Waals surface area contributed by atoms with Gasteiger partial charge in [-0.3, -0.25) is 4.79 Å². The number of amides is 1. The molecule has 0 saturated carbocycles. The third-order valence-corrected chi connectivity index (χ3v) is 4.28. The summed E-state index contributed by atoms with van der Waals surface area (Å²) in [5, 5.41) is 3.99. The molecule has 2 aromatic rings. The van der Waals surface area contributed by atoms with Gasteiger partial charge < -0.3 is 4.74 Å². The van der Waals surface area contributed by atoms with Gasteiger partial charge in [-0.2, -0.15) is 5.10 Å². The zero-order valence-corrected chi connectivity index (χ0v) is 16.2. The van der Waals surface area contributed by atoms with E-state index in [0.717, 1.165) is 20.1 Å². The molecule has 126 valence electrons. The Balaban J connectivity index is 1.94. The standard InChI is InChI=1S/C17H15Br2FN2O2/c1-10-7-14(18)17(15(19)8-10)24-9-16(23)22-21-11(2)12-3-5-13(20)6-4-12/h3-8H,9H2,1-2H3,(H,22,23)/b21-11+. The average Bonchev–Trinajstić information content (AvgIpc) is 2.52. The molecule has 0 aromatic heterocycles. The lowest BCUT2D eigenvalue weighted by Gasteiger charge is -2.10. The van der Waals surface area contributed by atoms with Crippen LogP contribution in [0.5, 0.6) is 5.75 Å². The number of halogens is 3. The first-order valence-corrected chi connectivity index (χ1v) is 8.63. The van der Waals surface area contributed by atoms with E-state index in [2.05, 4.69) is 42.4 Å². The van der Waals surface area contributed by atoms with Crippen LogP contribution in [0, 0.1) is 12.7 Å². The third kappa shape index (κ3) is 5.14. The molecule has 0 saturated heterocycles. The molecule has 1 amide bonds. The monoisotopic (exact) mass is 456 g/mol. The van der Waals surface area contributed by atoms with Gasteiger partial charge in [0, 0.05) is 0 Å². The molecule has 2 aromatic carbocycles. The third-order valence-electron chi connectivity index (χ3n) is 3.10. The summed E-state index contributed by atoms with van der Waals surface area (Å²) in [5.74, 6) is -0.163. The molecule has 0 atom stereocenters. The fraction of sp³-hybridized carbons (Fsp3) is 0.176. The van der Waals surface area contributed by atoms with Gasteiger partial charge in [0.1, 0.15) is 11.6 Å². The lowest BCUT2D eigenvalue weighted by molar-refractivity contribution is -0.123. The average molecular weight is 458 g/mol. The van der Waals surface area contributed by atoms with Crippen LogP contribution in [-0.4, -0.2) is 18.2 Å². The molecule has 0 aliphatic heterocycles. The van der Waals surface area contributed by atoms with Crippen molar-refractivity contribution in [3.63, 3.8) is 0 Å². The largest absolute Gasteiger partial charge is 0.481 e. The summed E-state index contributed by atoms with van der Waals surface area (Å²) in [5.41, 5.74) is 4.77. The highest BCUT2D eigenvalue weighted by atomic mass is 79.9. The maximum absolute atomic E-state index is 12.9. The molecule has 0 aliphatic rings. The second-order valence-corrected chi connectivity index (χ2v) is 6.79. The van der Waals surface area contributed by atoms with Gasteiger partial charge >= 0.3 is 0 Å². The molecule has 0 heterocycles. The lowest BCUT2D eigenvalue weighted by Crippen LogP contribution is -2.25. The highest BCUT2D eigenvalue weighted by molar-refractivity contribution is 9.11. The number of aryl methyl sites for hydroxylation is 1. The van der Waals surface area contributed by atoms with E-state index in [1.807, 2.05) is 19.1 Å². The van der Waals surface area contributed by atoms with E-state index in [9.17, 15) is 9.18 Å². The number of carbonyl (C=O) groups is 1. The van der Waals surface area contributed by atoms with E-state index in [1.54, 1.807) is 19.1 Å². The molecule has 0 radical (unpaired) electrons. The predicted molar refractivity (Wildman–Crippen MR) is 98.8 cm³/mol. The Labute approximate surface area is 156 Å². The van der Waals surface area contributed by atoms with Gasteiger partial charge in [-0.1, -0.05) is 12.1 Å². The maximum atomic E-state index is 12.9. The summed E-state index contributed by atoms with van der Waals surface area (Å²) in [6.45, 7) is 3.50. The smallest absolute Gasteiger partial charge is 0.277 e. The van der Waals surface area contributed by atoms with Crippen LogP contribution in [-0.2, 0) is 4.79 Å². The summed E-state index contributed by atoms with van der Waals surface area (Å²) in [6.07, 6.45) is 0. The Kier molecular flexibility index (Phi) is 6.51. The number of hydrogen-bond donors (Lipinski definition) is 1. The van der Waals surface area contributed by atoms with Gasteiger partial charge in [-0.25, -0.2) is 9.82 Å². The minimum atomic E-state index is -0.393. The highest BCUT2D eigenvalue weighted by Crippen LogP contribution is 2.34. The Hall–Kier alpha value is -1.73. The molecule has 0 fully saturated rings. The molecule has 0 aliphatic carbocycles. The highest BCUT2D eigenvalue weighted by Gasteiger charge is 2.10. The lowest BCUT2D eigenvalue weighted by atomic mass is 10.1. The first kappa shape index (κ1) is 18.6. The van der Waals surface area contributed by atoms with Crippen molar-refractivity contribution in [1.29, 1.82) is 0 Å². The molecule has 2 rings (SSSR count). The Morgan fingerprint density at radius 1 is 1.21 bits per heavy atom. The molecule has 4 nitrogen and oxygen atoms in total. The molecule has 24 heavy (non-hydrogen) atoms. The van der Waals surface area contributed by atoms with E-state index < -0.39 is 5.91 Å². The number of hydrogen-bond acceptors (Lipinski definition) is 3. The molecule has 0 bridgehead atoms. The number of benzene rings is 2. The second-order valence-electron chi connectivity index (χ2n) is 5.09. The van der Waals surface area contributed by atoms with Gasteiger partial charge in [-0.15, -0.1) is 0 Å². The van der Waals surface area contributed by atoms with Crippen LogP contribution in [0.15, 0.2) is 50.4 Å². The number of carbonyl (C=O) groups excluding carboxylic acids is 1. The van der Waals surface area contributed by atoms with Gasteiger partial charge in [-0.05, 0) is 81.1 Å². The first-order chi connectivity index (χ1) is 11.4. The van der Waals surface area contributed by atoms with E-state index in [-0.39, 0.29) is 12.4 Å². The van der Waals surface area contributed by atoms with Crippen molar-refractivity contribution in [2.24, 2.45) is 5.10 Å². The summed E-state index contributed by atoms with van der Waals surface area (Å²) in [7, 11) is 0. The van der Waals surface area contributed by atoms with Gasteiger partial charge in [0.05, 0.1) is 14.7 Å². The quantitative estimate of drug-likeness (QED) is 0.527. The fourth-order valence-corrected chi connectivity index (χ4v) is 3.54. The van der Waals surface area contributed by atoms with Gasteiger partial charge in [0.2, 0.25) is 0 Å². The van der Waals surface area contributed by atoms with Crippen molar-refractivity contribution in [3.8, 4) is 5.75 Å². The van der Waals surface area contributed by atoms with Crippen LogP contribution in [0.3, 0.4) is 0 Å². The topological polar surface area (TPSA) is 50.7 Å². The number of nitrogens with one attached hydrogen (secondary N) is 1. The normalized spacial score (nSPS) is 11.3. The van der Waals surface area contributed by atoms with E-state index >= 15 is 0 Å². The van der Waals surface area contributed by atoms with Gasteiger partial charge in [0.25, 0.3) is 5.91 Å². The van der Waals surface area contributed by atoms with Crippen LogP contribution in [0.4, 0.5) is 4.39 Å². The van der Waals surface area contributed by atoms with E-state index in [4.69, 9.17) is 4.74 Å². The van der Waals surface area contributed by atoms with E-state index in [1.165, 1.54) is 12.1 Å². The van der Waals surface area contributed by atoms with Crippen molar-refractivity contribution in [3.05, 3.63) is 62.3 Å². The summed E-state index contributed by atoms with van der Waals surface area (Å²) in [4.78, 5) is 11.9. The van der Waals surface area contributed by atoms with Crippen LogP contribution < -0.4 is 10.2 Å². The van der Waals surface area contributed by atoms with E-state index in [0.29, 0.717) is 11.5 Å². The van der Waals surface area contributed by atoms with Crippen LogP contribution >= 0.6 is 31.9 Å². The van der Waals surface area contributed by atoms with Crippen molar-refractivity contribution in [2.75, 3.05) is 6.61 Å².